The van der Waals surface area contributed by atoms with Crippen molar-refractivity contribution >= 4 is 81.2 Å². The monoisotopic (exact) mass is 744 g/mol. The van der Waals surface area contributed by atoms with Crippen LogP contribution < -0.4 is 21.3 Å². The lowest BCUT2D eigenvalue weighted by Crippen LogP contribution is -2.19. The predicted octanol–water partition coefficient (Wildman–Crippen LogP) is 12.0. The van der Waals surface area contributed by atoms with E-state index in [4.69, 9.17) is 46.4 Å². The first kappa shape index (κ1) is 35.9. The standard InChI is InChI=1S/2C19H14Cl2N2O2/c2*20-14-9-5-10-15(17(14)21)22-19(25)23-16-11-4-8-13(18(16)24)12-6-2-1-3-7-12/h2*1-11,24H,(H2,22,23,25). The number of hydrogen-bond acceptors (Lipinski definition) is 4. The summed E-state index contributed by atoms with van der Waals surface area (Å²) < 4.78 is 0. The molecule has 0 aliphatic rings. The van der Waals surface area contributed by atoms with Gasteiger partial charge in [-0.2, -0.15) is 0 Å². The van der Waals surface area contributed by atoms with Gasteiger partial charge in [0.15, 0.2) is 0 Å². The number of aromatic hydroxyl groups is 2. The molecule has 0 fully saturated rings. The number of carbonyl (C=O) groups excluding carboxylic acids is 2. The Balaban J connectivity index is 0.000000194. The molecule has 0 saturated heterocycles. The van der Waals surface area contributed by atoms with Crippen LogP contribution in [0, 0.1) is 0 Å². The zero-order valence-electron chi connectivity index (χ0n) is 25.9. The summed E-state index contributed by atoms with van der Waals surface area (Å²) >= 11 is 24.0. The summed E-state index contributed by atoms with van der Waals surface area (Å²) in [6, 6.07) is 37.9. The fourth-order valence-corrected chi connectivity index (χ4v) is 5.44. The molecule has 0 unspecified atom stereocenters. The van der Waals surface area contributed by atoms with Crippen molar-refractivity contribution in [1.82, 2.24) is 0 Å². The van der Waals surface area contributed by atoms with Crippen LogP contribution in [0.4, 0.5) is 32.3 Å². The van der Waals surface area contributed by atoms with Crippen LogP contribution in [0.25, 0.3) is 22.3 Å². The van der Waals surface area contributed by atoms with Gasteiger partial charge < -0.3 is 31.5 Å². The first-order chi connectivity index (χ1) is 24.1. The van der Waals surface area contributed by atoms with Crippen LogP contribution in [0.1, 0.15) is 0 Å². The van der Waals surface area contributed by atoms with Crippen LogP contribution in [-0.4, -0.2) is 22.3 Å². The second-order valence-electron chi connectivity index (χ2n) is 10.5. The van der Waals surface area contributed by atoms with Crippen molar-refractivity contribution in [2.75, 3.05) is 21.3 Å². The number of nitrogens with one attached hydrogen (secondary N) is 4. The van der Waals surface area contributed by atoms with Crippen molar-refractivity contribution in [2.24, 2.45) is 0 Å². The van der Waals surface area contributed by atoms with E-state index in [9.17, 15) is 19.8 Å². The van der Waals surface area contributed by atoms with Crippen molar-refractivity contribution < 1.29 is 19.8 Å². The van der Waals surface area contributed by atoms with E-state index in [1.54, 1.807) is 72.8 Å². The van der Waals surface area contributed by atoms with Gasteiger partial charge in [-0.3, -0.25) is 0 Å². The van der Waals surface area contributed by atoms with Crippen molar-refractivity contribution in [2.45, 2.75) is 0 Å². The Bertz CT molecular complexity index is 1980. The summed E-state index contributed by atoms with van der Waals surface area (Å²) in [5.74, 6) is -0.0258. The van der Waals surface area contributed by atoms with E-state index in [0.717, 1.165) is 11.1 Å². The number of anilines is 4. The number of amides is 4. The van der Waals surface area contributed by atoms with Crippen LogP contribution in [0.2, 0.25) is 20.1 Å². The molecule has 6 aromatic rings. The Labute approximate surface area is 308 Å². The van der Waals surface area contributed by atoms with Crippen LogP contribution in [0.15, 0.2) is 133 Å². The number of carbonyl (C=O) groups is 2. The summed E-state index contributed by atoms with van der Waals surface area (Å²) in [4.78, 5) is 24.4. The van der Waals surface area contributed by atoms with Gasteiger partial charge in [0, 0.05) is 11.1 Å². The first-order valence-electron chi connectivity index (χ1n) is 14.9. The minimum absolute atomic E-state index is 0.0129. The highest BCUT2D eigenvalue weighted by molar-refractivity contribution is 6.44. The van der Waals surface area contributed by atoms with Gasteiger partial charge in [0.2, 0.25) is 0 Å². The summed E-state index contributed by atoms with van der Waals surface area (Å²) in [5.41, 5.74) is 4.28. The maximum absolute atomic E-state index is 12.2. The topological polar surface area (TPSA) is 123 Å². The molecular formula is C38H28Cl4N4O4. The fourth-order valence-electron chi connectivity index (χ4n) is 4.74. The number of benzene rings is 6. The molecule has 4 amide bonds. The van der Waals surface area contributed by atoms with Crippen LogP contribution in [-0.2, 0) is 0 Å². The molecule has 0 heterocycles. The average Bonchev–Trinajstić information content (AvgIpc) is 3.12. The molecule has 50 heavy (non-hydrogen) atoms. The fraction of sp³-hybridized carbons (Fsp3) is 0. The lowest BCUT2D eigenvalue weighted by atomic mass is 10.0. The molecule has 8 nitrogen and oxygen atoms in total. The summed E-state index contributed by atoms with van der Waals surface area (Å²) in [6.45, 7) is 0. The SMILES string of the molecule is O=C(Nc1cccc(-c2ccccc2)c1O)Nc1cccc(Cl)c1Cl.O=C(Nc1cccc(-c2ccccc2)c1O)Nc1cccc(Cl)c1Cl. The highest BCUT2D eigenvalue weighted by atomic mass is 35.5. The third kappa shape index (κ3) is 8.99. The number of phenolic OH excluding ortho intramolecular Hbond substituents is 2. The molecule has 6 rings (SSSR count). The number of para-hydroxylation sites is 2. The molecule has 6 aromatic carbocycles. The van der Waals surface area contributed by atoms with E-state index < -0.39 is 12.1 Å². The highest BCUT2D eigenvalue weighted by Crippen LogP contribution is 2.37. The van der Waals surface area contributed by atoms with E-state index in [1.807, 2.05) is 60.7 Å². The highest BCUT2D eigenvalue weighted by Gasteiger charge is 2.15. The molecule has 0 aliphatic heterocycles. The van der Waals surface area contributed by atoms with Crippen molar-refractivity contribution in [3.05, 3.63) is 154 Å². The van der Waals surface area contributed by atoms with Gasteiger partial charge in [-0.25, -0.2) is 9.59 Å². The quantitative estimate of drug-likeness (QED) is 0.0950. The molecule has 12 heteroatoms. The van der Waals surface area contributed by atoms with Crippen molar-refractivity contribution in [1.29, 1.82) is 0 Å². The molecule has 0 spiro atoms. The van der Waals surface area contributed by atoms with Gasteiger partial charge >= 0.3 is 12.1 Å². The minimum Gasteiger partial charge on any atom is -0.505 e. The smallest absolute Gasteiger partial charge is 0.323 e. The second kappa shape index (κ2) is 16.8. The van der Waals surface area contributed by atoms with Crippen molar-refractivity contribution in [3.8, 4) is 33.8 Å². The van der Waals surface area contributed by atoms with Crippen molar-refractivity contribution in [3.63, 3.8) is 0 Å². The predicted molar refractivity (Wildman–Crippen MR) is 205 cm³/mol. The molecule has 0 aliphatic carbocycles. The van der Waals surface area contributed by atoms with Gasteiger partial charge in [0.05, 0.1) is 42.8 Å². The second-order valence-corrected chi connectivity index (χ2v) is 12.1. The summed E-state index contributed by atoms with van der Waals surface area (Å²) in [6.07, 6.45) is 0. The Morgan fingerprint density at radius 2 is 0.720 bits per heavy atom. The molecule has 6 N–H and O–H groups in total. The summed E-state index contributed by atoms with van der Waals surface area (Å²) in [5, 5.41) is 32.6. The van der Waals surface area contributed by atoms with E-state index in [2.05, 4.69) is 21.3 Å². The number of halogens is 4. The lowest BCUT2D eigenvalue weighted by molar-refractivity contribution is 0.261. The lowest BCUT2D eigenvalue weighted by Gasteiger charge is -2.13. The molecule has 0 atom stereocenters. The molecule has 0 saturated carbocycles. The molecule has 0 radical (unpaired) electrons. The van der Waals surface area contributed by atoms with Gasteiger partial charge in [0.25, 0.3) is 0 Å². The van der Waals surface area contributed by atoms with E-state index >= 15 is 0 Å². The van der Waals surface area contributed by atoms with Gasteiger partial charge in [0.1, 0.15) is 11.5 Å². The molecule has 0 bridgehead atoms. The molecule has 252 valence electrons. The average molecular weight is 746 g/mol. The van der Waals surface area contributed by atoms with Crippen LogP contribution >= 0.6 is 46.4 Å². The Morgan fingerprint density at radius 1 is 0.400 bits per heavy atom. The Kier molecular flexibility index (Phi) is 12.1. The molecule has 0 aromatic heterocycles. The third-order valence-corrected chi connectivity index (χ3v) is 8.78. The first-order valence-corrected chi connectivity index (χ1v) is 16.4. The number of rotatable bonds is 6. The van der Waals surface area contributed by atoms with Gasteiger partial charge in [-0.05, 0) is 47.5 Å². The van der Waals surface area contributed by atoms with Crippen LogP contribution in [0.3, 0.4) is 0 Å². The normalized spacial score (nSPS) is 10.3. The zero-order valence-corrected chi connectivity index (χ0v) is 28.9. The maximum Gasteiger partial charge on any atom is 0.323 e. The largest absolute Gasteiger partial charge is 0.505 e. The maximum atomic E-state index is 12.2. The Hall–Kier alpha value is -5.38. The van der Waals surface area contributed by atoms with Gasteiger partial charge in [-0.1, -0.05) is 143 Å². The summed E-state index contributed by atoms with van der Waals surface area (Å²) in [7, 11) is 0. The van der Waals surface area contributed by atoms with Gasteiger partial charge in [-0.15, -0.1) is 0 Å². The minimum atomic E-state index is -0.537. The van der Waals surface area contributed by atoms with E-state index in [0.29, 0.717) is 32.5 Å². The number of phenols is 2. The third-order valence-electron chi connectivity index (χ3n) is 7.14. The van der Waals surface area contributed by atoms with E-state index in [-0.39, 0.29) is 32.9 Å². The number of urea groups is 2. The zero-order chi connectivity index (χ0) is 35.6. The van der Waals surface area contributed by atoms with E-state index in [1.165, 1.54) is 0 Å². The Morgan fingerprint density at radius 3 is 1.10 bits per heavy atom. The molecular weight excluding hydrogens is 718 g/mol. The number of hydrogen-bond donors (Lipinski definition) is 6. The van der Waals surface area contributed by atoms with Crippen LogP contribution in [0.5, 0.6) is 11.5 Å².